The topological polar surface area (TPSA) is 88.3 Å². The van der Waals surface area contributed by atoms with Gasteiger partial charge >= 0.3 is 5.97 Å². The first kappa shape index (κ1) is 18.9. The maximum atomic E-state index is 12.5. The van der Waals surface area contributed by atoms with Crippen molar-refractivity contribution in [3.63, 3.8) is 0 Å². The summed E-state index contributed by atoms with van der Waals surface area (Å²) >= 11 is 11.8. The second kappa shape index (κ2) is 7.82. The maximum Gasteiger partial charge on any atom is 0.339 e. The van der Waals surface area contributed by atoms with Crippen LogP contribution in [0, 0.1) is 0 Å². The fraction of sp³-hybridized carbons (Fsp3) is 0.105. The largest absolute Gasteiger partial charge is 0.449 e. The predicted octanol–water partition coefficient (Wildman–Crippen LogP) is 4.02. The predicted molar refractivity (Wildman–Crippen MR) is 105 cm³/mol. The van der Waals surface area contributed by atoms with Gasteiger partial charge in [-0.1, -0.05) is 41.4 Å². The van der Waals surface area contributed by atoms with Gasteiger partial charge < -0.3 is 15.0 Å². The minimum Gasteiger partial charge on any atom is -0.449 e. The quantitative estimate of drug-likeness (QED) is 0.642. The highest BCUT2D eigenvalue weighted by atomic mass is 35.5. The monoisotopic (exact) mass is 404 g/mol. The van der Waals surface area contributed by atoms with E-state index in [2.05, 4.69) is 10.3 Å². The zero-order valence-corrected chi connectivity index (χ0v) is 15.6. The summed E-state index contributed by atoms with van der Waals surface area (Å²) in [7, 11) is 0. The van der Waals surface area contributed by atoms with Crippen molar-refractivity contribution in [3.8, 4) is 0 Å². The van der Waals surface area contributed by atoms with Gasteiger partial charge in [-0.3, -0.25) is 9.59 Å². The Morgan fingerprint density at radius 2 is 1.74 bits per heavy atom. The van der Waals surface area contributed by atoms with E-state index in [-0.39, 0.29) is 5.56 Å². The third kappa shape index (κ3) is 4.48. The van der Waals surface area contributed by atoms with Crippen molar-refractivity contribution in [1.82, 2.24) is 4.98 Å². The van der Waals surface area contributed by atoms with Crippen molar-refractivity contribution in [3.05, 3.63) is 74.5 Å². The second-order valence-corrected chi connectivity index (χ2v) is 6.66. The molecule has 1 atom stereocenters. The number of halogens is 2. The standard InChI is InChI=1S/C19H14Cl2N2O4/c1-10(18(25)22-13-7-11(20)6-12(21)8-13)27-19(26)15-9-17(24)23-16-5-3-2-4-14(15)16/h2-10H,1H3,(H,22,25)(H,23,24). The van der Waals surface area contributed by atoms with Crippen LogP contribution in [0.25, 0.3) is 10.9 Å². The number of nitrogens with one attached hydrogen (secondary N) is 2. The van der Waals surface area contributed by atoms with E-state index in [1.165, 1.54) is 25.1 Å². The molecule has 2 N–H and O–H groups in total. The molecule has 0 fully saturated rings. The highest BCUT2D eigenvalue weighted by molar-refractivity contribution is 6.35. The minimum absolute atomic E-state index is 0.0831. The van der Waals surface area contributed by atoms with E-state index in [1.54, 1.807) is 24.3 Å². The Bertz CT molecular complexity index is 1070. The summed E-state index contributed by atoms with van der Waals surface area (Å²) in [6.45, 7) is 1.43. The first-order chi connectivity index (χ1) is 12.8. The number of fused-ring (bicyclic) bond motifs is 1. The van der Waals surface area contributed by atoms with Crippen LogP contribution in [-0.4, -0.2) is 23.0 Å². The number of amides is 1. The van der Waals surface area contributed by atoms with Gasteiger partial charge in [0.05, 0.1) is 5.56 Å². The highest BCUT2D eigenvalue weighted by Crippen LogP contribution is 2.23. The Morgan fingerprint density at radius 1 is 1.07 bits per heavy atom. The molecule has 3 aromatic rings. The molecule has 0 saturated carbocycles. The van der Waals surface area contributed by atoms with Crippen molar-refractivity contribution in [2.45, 2.75) is 13.0 Å². The van der Waals surface area contributed by atoms with Gasteiger partial charge in [-0.05, 0) is 31.2 Å². The Labute approximate surface area is 164 Å². The van der Waals surface area contributed by atoms with Crippen LogP contribution >= 0.6 is 23.2 Å². The summed E-state index contributed by atoms with van der Waals surface area (Å²) in [6.07, 6.45) is -1.10. The molecule has 8 heteroatoms. The number of aromatic amines is 1. The van der Waals surface area contributed by atoms with Gasteiger partial charge in [-0.2, -0.15) is 0 Å². The first-order valence-electron chi connectivity index (χ1n) is 7.93. The van der Waals surface area contributed by atoms with Gasteiger partial charge in [-0.25, -0.2) is 4.79 Å². The van der Waals surface area contributed by atoms with E-state index in [9.17, 15) is 14.4 Å². The Hall–Kier alpha value is -2.83. The molecule has 2 aromatic carbocycles. The summed E-state index contributed by atoms with van der Waals surface area (Å²) in [5.74, 6) is -1.33. The lowest BCUT2D eigenvalue weighted by Crippen LogP contribution is -2.30. The average Bonchev–Trinajstić information content (AvgIpc) is 2.59. The van der Waals surface area contributed by atoms with E-state index >= 15 is 0 Å². The SMILES string of the molecule is CC(OC(=O)c1cc(=O)[nH]c2ccccc12)C(=O)Nc1cc(Cl)cc(Cl)c1. The van der Waals surface area contributed by atoms with Crippen LogP contribution in [0.15, 0.2) is 53.3 Å². The Balaban J connectivity index is 1.77. The van der Waals surface area contributed by atoms with Gasteiger partial charge in [0.25, 0.3) is 5.91 Å². The number of para-hydroxylation sites is 1. The number of hydrogen-bond donors (Lipinski definition) is 2. The minimum atomic E-state index is -1.10. The molecule has 6 nitrogen and oxygen atoms in total. The molecule has 0 bridgehead atoms. The van der Waals surface area contributed by atoms with Crippen LogP contribution < -0.4 is 10.9 Å². The van der Waals surface area contributed by atoms with Crippen LogP contribution in [0.2, 0.25) is 10.0 Å². The van der Waals surface area contributed by atoms with Gasteiger partial charge in [0.15, 0.2) is 6.10 Å². The molecule has 1 amide bonds. The van der Waals surface area contributed by atoms with Crippen LogP contribution in [0.1, 0.15) is 17.3 Å². The first-order valence-corrected chi connectivity index (χ1v) is 8.69. The molecule has 27 heavy (non-hydrogen) atoms. The van der Waals surface area contributed by atoms with Crippen LogP contribution in [-0.2, 0) is 9.53 Å². The third-order valence-electron chi connectivity index (χ3n) is 3.75. The summed E-state index contributed by atoms with van der Waals surface area (Å²) in [6, 6.07) is 12.5. The molecule has 1 aromatic heterocycles. The third-order valence-corrected chi connectivity index (χ3v) is 4.19. The van der Waals surface area contributed by atoms with E-state index in [4.69, 9.17) is 27.9 Å². The molecular weight excluding hydrogens is 391 g/mol. The van der Waals surface area contributed by atoms with Gasteiger partial charge in [0, 0.05) is 32.7 Å². The maximum absolute atomic E-state index is 12.5. The zero-order chi connectivity index (χ0) is 19.6. The number of pyridine rings is 1. The number of H-pyrrole nitrogens is 1. The lowest BCUT2D eigenvalue weighted by atomic mass is 10.1. The fourth-order valence-corrected chi connectivity index (χ4v) is 3.05. The van der Waals surface area contributed by atoms with E-state index < -0.39 is 23.5 Å². The van der Waals surface area contributed by atoms with Crippen LogP contribution in [0.3, 0.4) is 0 Å². The number of hydrogen-bond acceptors (Lipinski definition) is 4. The fourth-order valence-electron chi connectivity index (χ4n) is 2.52. The number of esters is 1. The molecule has 0 aliphatic heterocycles. The van der Waals surface area contributed by atoms with Gasteiger partial charge in [0.1, 0.15) is 0 Å². The molecule has 3 rings (SSSR count). The molecule has 0 aliphatic carbocycles. The lowest BCUT2D eigenvalue weighted by Gasteiger charge is -2.14. The van der Waals surface area contributed by atoms with Crippen molar-refractivity contribution in [2.24, 2.45) is 0 Å². The van der Waals surface area contributed by atoms with Gasteiger partial charge in [0.2, 0.25) is 5.56 Å². The van der Waals surface area contributed by atoms with E-state index in [0.717, 1.165) is 6.07 Å². The molecule has 1 unspecified atom stereocenters. The molecule has 138 valence electrons. The van der Waals surface area contributed by atoms with Gasteiger partial charge in [-0.15, -0.1) is 0 Å². The second-order valence-electron chi connectivity index (χ2n) is 5.79. The summed E-state index contributed by atoms with van der Waals surface area (Å²) in [5.41, 5.74) is 0.524. The van der Waals surface area contributed by atoms with Crippen LogP contribution in [0.4, 0.5) is 5.69 Å². The molecule has 1 heterocycles. The lowest BCUT2D eigenvalue weighted by molar-refractivity contribution is -0.123. The number of benzene rings is 2. The Kier molecular flexibility index (Phi) is 5.48. The smallest absolute Gasteiger partial charge is 0.339 e. The summed E-state index contributed by atoms with van der Waals surface area (Å²) in [4.78, 5) is 39.2. The summed E-state index contributed by atoms with van der Waals surface area (Å²) < 4.78 is 5.22. The molecule has 0 radical (unpaired) electrons. The molecular formula is C19H14Cl2N2O4. The number of ether oxygens (including phenoxy) is 1. The Morgan fingerprint density at radius 3 is 2.44 bits per heavy atom. The number of carbonyl (C=O) groups is 2. The van der Waals surface area contributed by atoms with Crippen molar-refractivity contribution < 1.29 is 14.3 Å². The van der Waals surface area contributed by atoms with Crippen molar-refractivity contribution in [2.75, 3.05) is 5.32 Å². The highest BCUT2D eigenvalue weighted by Gasteiger charge is 2.21. The summed E-state index contributed by atoms with van der Waals surface area (Å²) in [5, 5.41) is 3.82. The molecule has 0 aliphatic rings. The van der Waals surface area contributed by atoms with Crippen molar-refractivity contribution in [1.29, 1.82) is 0 Å². The molecule has 0 saturated heterocycles. The van der Waals surface area contributed by atoms with Crippen molar-refractivity contribution >= 4 is 51.7 Å². The van der Waals surface area contributed by atoms with E-state index in [1.807, 2.05) is 0 Å². The van der Waals surface area contributed by atoms with Crippen LogP contribution in [0.5, 0.6) is 0 Å². The normalized spacial score (nSPS) is 11.8. The average molecular weight is 405 g/mol. The number of anilines is 1. The number of carbonyl (C=O) groups excluding carboxylic acids is 2. The molecule has 0 spiro atoms. The number of aromatic nitrogens is 1. The number of rotatable bonds is 4. The zero-order valence-electron chi connectivity index (χ0n) is 14.1. The van der Waals surface area contributed by atoms with E-state index in [0.29, 0.717) is 26.6 Å².